The molecule has 0 bridgehead atoms. The summed E-state index contributed by atoms with van der Waals surface area (Å²) in [5.41, 5.74) is 5.29. The molecule has 1 unspecified atom stereocenters. The summed E-state index contributed by atoms with van der Waals surface area (Å²) in [6.45, 7) is 0. The standard InChI is InChI=1S/C7H11NO4/c8-5(7(11)12)3-1-4(2-3)6(9)10/h3-5H,1-2,8H2,(H,9,10)(H,11,12)/t3-,4+,5?. The summed E-state index contributed by atoms with van der Waals surface area (Å²) in [6, 6.07) is -0.902. The molecule has 0 amide bonds. The van der Waals surface area contributed by atoms with Gasteiger partial charge < -0.3 is 15.9 Å². The van der Waals surface area contributed by atoms with Gasteiger partial charge in [0.05, 0.1) is 5.92 Å². The lowest BCUT2D eigenvalue weighted by molar-refractivity contribution is -0.150. The summed E-state index contributed by atoms with van der Waals surface area (Å²) in [5, 5.41) is 17.0. The van der Waals surface area contributed by atoms with Gasteiger partial charge in [0.25, 0.3) is 0 Å². The lowest BCUT2D eigenvalue weighted by atomic mass is 9.71. The molecular weight excluding hydrogens is 162 g/mol. The minimum atomic E-state index is -1.05. The number of carboxylic acid groups (broad SMARTS) is 2. The Kier molecular flexibility index (Phi) is 2.32. The van der Waals surface area contributed by atoms with Crippen LogP contribution in [0.4, 0.5) is 0 Å². The highest BCUT2D eigenvalue weighted by molar-refractivity contribution is 5.75. The zero-order chi connectivity index (χ0) is 9.30. The third-order valence-electron chi connectivity index (χ3n) is 2.32. The van der Waals surface area contributed by atoms with E-state index < -0.39 is 18.0 Å². The minimum Gasteiger partial charge on any atom is -0.481 e. The molecular formula is C7H11NO4. The van der Waals surface area contributed by atoms with Crippen molar-refractivity contribution in [2.75, 3.05) is 0 Å². The predicted molar refractivity (Wildman–Crippen MR) is 39.5 cm³/mol. The van der Waals surface area contributed by atoms with Gasteiger partial charge in [0.2, 0.25) is 0 Å². The maximum absolute atomic E-state index is 10.3. The Hall–Kier alpha value is -1.10. The first-order chi connectivity index (χ1) is 5.52. The van der Waals surface area contributed by atoms with Gasteiger partial charge in [-0.1, -0.05) is 0 Å². The fraction of sp³-hybridized carbons (Fsp3) is 0.714. The fourth-order valence-corrected chi connectivity index (χ4v) is 1.36. The van der Waals surface area contributed by atoms with Crippen molar-refractivity contribution in [1.82, 2.24) is 0 Å². The van der Waals surface area contributed by atoms with E-state index in [0.717, 1.165) is 0 Å². The third kappa shape index (κ3) is 1.55. The highest BCUT2D eigenvalue weighted by Crippen LogP contribution is 2.35. The van der Waals surface area contributed by atoms with Crippen LogP contribution in [0.1, 0.15) is 12.8 Å². The van der Waals surface area contributed by atoms with Crippen molar-refractivity contribution < 1.29 is 19.8 Å². The molecule has 5 heteroatoms. The zero-order valence-corrected chi connectivity index (χ0v) is 6.43. The quantitative estimate of drug-likeness (QED) is 0.534. The first-order valence-electron chi connectivity index (χ1n) is 3.73. The highest BCUT2D eigenvalue weighted by atomic mass is 16.4. The van der Waals surface area contributed by atoms with Crippen LogP contribution in [0.15, 0.2) is 0 Å². The first-order valence-corrected chi connectivity index (χ1v) is 3.73. The van der Waals surface area contributed by atoms with E-state index in [1.165, 1.54) is 0 Å². The fourth-order valence-electron chi connectivity index (χ4n) is 1.36. The molecule has 0 saturated heterocycles. The van der Waals surface area contributed by atoms with Crippen molar-refractivity contribution in [3.8, 4) is 0 Å². The van der Waals surface area contributed by atoms with E-state index in [2.05, 4.69) is 0 Å². The molecule has 0 aromatic carbocycles. The van der Waals surface area contributed by atoms with Crippen LogP contribution in [0.3, 0.4) is 0 Å². The van der Waals surface area contributed by atoms with Gasteiger partial charge in [0.15, 0.2) is 0 Å². The van der Waals surface area contributed by atoms with Crippen LogP contribution in [0.5, 0.6) is 0 Å². The Balaban J connectivity index is 2.34. The van der Waals surface area contributed by atoms with Gasteiger partial charge in [-0.3, -0.25) is 9.59 Å². The second-order valence-corrected chi connectivity index (χ2v) is 3.13. The van der Waals surface area contributed by atoms with Gasteiger partial charge in [-0.2, -0.15) is 0 Å². The Bertz CT molecular complexity index is 209. The van der Waals surface area contributed by atoms with E-state index in [1.54, 1.807) is 0 Å². The number of hydrogen-bond donors (Lipinski definition) is 3. The van der Waals surface area contributed by atoms with Crippen molar-refractivity contribution in [3.63, 3.8) is 0 Å². The van der Waals surface area contributed by atoms with Crippen molar-refractivity contribution in [2.24, 2.45) is 17.6 Å². The molecule has 1 atom stereocenters. The molecule has 12 heavy (non-hydrogen) atoms. The smallest absolute Gasteiger partial charge is 0.320 e. The average molecular weight is 173 g/mol. The van der Waals surface area contributed by atoms with Crippen LogP contribution in [0, 0.1) is 11.8 Å². The van der Waals surface area contributed by atoms with Crippen LogP contribution in [-0.2, 0) is 9.59 Å². The van der Waals surface area contributed by atoms with Crippen molar-refractivity contribution >= 4 is 11.9 Å². The molecule has 1 rings (SSSR count). The Labute approximate surface area is 69.2 Å². The molecule has 5 nitrogen and oxygen atoms in total. The van der Waals surface area contributed by atoms with E-state index in [-0.39, 0.29) is 11.8 Å². The summed E-state index contributed by atoms with van der Waals surface area (Å²) in [5.74, 6) is -2.46. The van der Waals surface area contributed by atoms with Crippen LogP contribution in [0.25, 0.3) is 0 Å². The van der Waals surface area contributed by atoms with E-state index in [1.807, 2.05) is 0 Å². The molecule has 1 aliphatic rings. The molecule has 1 aliphatic carbocycles. The average Bonchev–Trinajstić information content (AvgIpc) is 1.82. The van der Waals surface area contributed by atoms with Crippen LogP contribution in [0.2, 0.25) is 0 Å². The largest absolute Gasteiger partial charge is 0.481 e. The maximum atomic E-state index is 10.3. The molecule has 0 aromatic rings. The number of nitrogens with two attached hydrogens (primary N) is 1. The Morgan fingerprint density at radius 3 is 2.17 bits per heavy atom. The number of aliphatic carboxylic acids is 2. The molecule has 0 heterocycles. The van der Waals surface area contributed by atoms with Crippen molar-refractivity contribution in [1.29, 1.82) is 0 Å². The lowest BCUT2D eigenvalue weighted by Crippen LogP contribution is -2.46. The zero-order valence-electron chi connectivity index (χ0n) is 6.43. The topological polar surface area (TPSA) is 101 Å². The van der Waals surface area contributed by atoms with Crippen LogP contribution < -0.4 is 5.73 Å². The van der Waals surface area contributed by atoms with Crippen molar-refractivity contribution in [2.45, 2.75) is 18.9 Å². The molecule has 1 saturated carbocycles. The second-order valence-electron chi connectivity index (χ2n) is 3.13. The molecule has 0 aliphatic heterocycles. The third-order valence-corrected chi connectivity index (χ3v) is 2.32. The summed E-state index contributed by atoms with van der Waals surface area (Å²) in [4.78, 5) is 20.7. The molecule has 0 aromatic heterocycles. The molecule has 0 radical (unpaired) electrons. The maximum Gasteiger partial charge on any atom is 0.320 e. The summed E-state index contributed by atoms with van der Waals surface area (Å²) in [6.07, 6.45) is 0.783. The monoisotopic (exact) mass is 173 g/mol. The Morgan fingerprint density at radius 2 is 1.83 bits per heavy atom. The number of carboxylic acids is 2. The SMILES string of the molecule is NC(C(=O)O)[C@H]1C[C@@H](C(=O)O)C1. The van der Waals surface area contributed by atoms with Gasteiger partial charge in [-0.25, -0.2) is 0 Å². The molecule has 1 fully saturated rings. The molecule has 68 valence electrons. The van der Waals surface area contributed by atoms with E-state index in [4.69, 9.17) is 15.9 Å². The first kappa shape index (κ1) is 8.99. The van der Waals surface area contributed by atoms with Crippen LogP contribution in [-0.4, -0.2) is 28.2 Å². The van der Waals surface area contributed by atoms with Gasteiger partial charge in [-0.05, 0) is 18.8 Å². The van der Waals surface area contributed by atoms with Gasteiger partial charge >= 0.3 is 11.9 Å². The van der Waals surface area contributed by atoms with Gasteiger partial charge in [0, 0.05) is 0 Å². The molecule has 0 spiro atoms. The molecule has 4 N–H and O–H groups in total. The van der Waals surface area contributed by atoms with Gasteiger partial charge in [0.1, 0.15) is 6.04 Å². The number of hydrogen-bond acceptors (Lipinski definition) is 3. The Morgan fingerprint density at radius 1 is 1.33 bits per heavy atom. The van der Waals surface area contributed by atoms with Crippen LogP contribution >= 0.6 is 0 Å². The van der Waals surface area contributed by atoms with Crippen molar-refractivity contribution in [3.05, 3.63) is 0 Å². The normalized spacial score (nSPS) is 30.4. The van der Waals surface area contributed by atoms with E-state index in [9.17, 15) is 9.59 Å². The summed E-state index contributed by atoms with van der Waals surface area (Å²) >= 11 is 0. The lowest BCUT2D eigenvalue weighted by Gasteiger charge is -2.34. The summed E-state index contributed by atoms with van der Waals surface area (Å²) in [7, 11) is 0. The number of rotatable bonds is 3. The predicted octanol–water partition coefficient (Wildman–Crippen LogP) is -0.491. The summed E-state index contributed by atoms with van der Waals surface area (Å²) < 4.78 is 0. The second kappa shape index (κ2) is 3.10. The minimum absolute atomic E-state index is 0.163. The highest BCUT2D eigenvalue weighted by Gasteiger charge is 2.40. The number of carbonyl (C=O) groups is 2. The van der Waals surface area contributed by atoms with E-state index in [0.29, 0.717) is 12.8 Å². The van der Waals surface area contributed by atoms with E-state index >= 15 is 0 Å². The van der Waals surface area contributed by atoms with Gasteiger partial charge in [-0.15, -0.1) is 0 Å².